The number of fused-ring (bicyclic) bond motifs is 2. The van der Waals surface area contributed by atoms with Gasteiger partial charge in [0.25, 0.3) is 0 Å². The molecule has 2 saturated carbocycles. The lowest BCUT2D eigenvalue weighted by Crippen LogP contribution is -2.33. The smallest absolute Gasteiger partial charge is 0.0355 e. The van der Waals surface area contributed by atoms with E-state index in [0.29, 0.717) is 5.41 Å². The zero-order chi connectivity index (χ0) is 11.1. The van der Waals surface area contributed by atoms with Crippen molar-refractivity contribution in [2.45, 2.75) is 33.1 Å². The van der Waals surface area contributed by atoms with Crippen molar-refractivity contribution >= 4 is 12.0 Å². The van der Waals surface area contributed by atoms with Gasteiger partial charge < -0.3 is 0 Å². The molecule has 2 rings (SSSR count). The number of rotatable bonds is 4. The molecule has 15 heavy (non-hydrogen) atoms. The average molecular weight is 230 g/mol. The van der Waals surface area contributed by atoms with Crippen LogP contribution in [0.25, 0.3) is 0 Å². The van der Waals surface area contributed by atoms with Crippen molar-refractivity contribution in [2.24, 2.45) is 16.7 Å². The van der Waals surface area contributed by atoms with Crippen molar-refractivity contribution in [1.82, 2.24) is 0 Å². The van der Waals surface area contributed by atoms with E-state index in [9.17, 15) is 0 Å². The summed E-state index contributed by atoms with van der Waals surface area (Å²) >= 11 is 1.17. The molecule has 4 heteroatoms. The summed E-state index contributed by atoms with van der Waals surface area (Å²) in [4.78, 5) is 0. The monoisotopic (exact) mass is 230 g/mol. The molecule has 0 amide bonds. The Hall–Kier alpha value is -0.0300. The van der Waals surface area contributed by atoms with E-state index in [1.54, 1.807) is 0 Å². The van der Waals surface area contributed by atoms with E-state index >= 15 is 0 Å². The van der Waals surface area contributed by atoms with Crippen molar-refractivity contribution in [2.75, 3.05) is 5.75 Å². The third-order valence-corrected chi connectivity index (χ3v) is 5.49. The summed E-state index contributed by atoms with van der Waals surface area (Å²) in [5.41, 5.74) is 1.81. The summed E-state index contributed by atoms with van der Waals surface area (Å²) in [7, 11) is 0. The van der Waals surface area contributed by atoms with Gasteiger partial charge in [-0.3, -0.25) is 0 Å². The van der Waals surface area contributed by atoms with Crippen molar-refractivity contribution in [3.63, 3.8) is 0 Å². The lowest BCUT2D eigenvalue weighted by Gasteiger charge is -2.38. The van der Waals surface area contributed by atoms with E-state index in [2.05, 4.69) is 29.8 Å². The van der Waals surface area contributed by atoms with E-state index in [0.717, 1.165) is 18.1 Å². The van der Waals surface area contributed by atoms with Crippen LogP contribution in [-0.4, -0.2) is 11.0 Å². The molecule has 0 aromatic rings. The van der Waals surface area contributed by atoms with Crippen molar-refractivity contribution < 1.29 is 14.6 Å². The first-order valence-electron chi connectivity index (χ1n) is 5.32. The van der Waals surface area contributed by atoms with Gasteiger partial charge in [0.05, 0.1) is 0 Å². The molecule has 0 aromatic heterocycles. The van der Waals surface area contributed by atoms with Gasteiger partial charge in [-0.25, -0.2) is 5.26 Å². The highest BCUT2D eigenvalue weighted by molar-refractivity contribution is 7.94. The molecule has 1 N–H and O–H groups in total. The standard InChI is InChI=1S/C11H18O3S/c1-8-6-9-4-5-11(8,10(9,2)3)7-15-14-13-12/h9,12H,1,4-7H2,2-3H3/t9?,11-/m0/s1. The maximum atomic E-state index is 8.14. The molecule has 2 atom stereocenters. The Morgan fingerprint density at radius 1 is 1.60 bits per heavy atom. The van der Waals surface area contributed by atoms with Crippen molar-refractivity contribution in [3.05, 3.63) is 12.2 Å². The molecular formula is C11H18O3S. The lowest BCUT2D eigenvalue weighted by molar-refractivity contribution is -0.432. The van der Waals surface area contributed by atoms with Crippen LogP contribution in [0.2, 0.25) is 0 Å². The van der Waals surface area contributed by atoms with Crippen LogP contribution in [0.5, 0.6) is 0 Å². The molecule has 0 aromatic carbocycles. The summed E-state index contributed by atoms with van der Waals surface area (Å²) < 4.78 is 4.51. The molecule has 0 saturated heterocycles. The van der Waals surface area contributed by atoms with Gasteiger partial charge in [0.1, 0.15) is 0 Å². The van der Waals surface area contributed by atoms with Crippen LogP contribution in [0.1, 0.15) is 33.1 Å². The lowest BCUT2D eigenvalue weighted by atomic mass is 9.69. The van der Waals surface area contributed by atoms with Gasteiger partial charge in [0, 0.05) is 23.2 Å². The molecule has 0 aliphatic heterocycles. The van der Waals surface area contributed by atoms with Gasteiger partial charge in [0.2, 0.25) is 0 Å². The van der Waals surface area contributed by atoms with E-state index in [-0.39, 0.29) is 5.41 Å². The van der Waals surface area contributed by atoms with Gasteiger partial charge >= 0.3 is 0 Å². The number of allylic oxidation sites excluding steroid dienone is 1. The first-order chi connectivity index (χ1) is 7.04. The van der Waals surface area contributed by atoms with Crippen LogP contribution >= 0.6 is 12.0 Å². The Bertz CT molecular complexity index is 277. The highest BCUT2D eigenvalue weighted by Gasteiger charge is 2.60. The molecule has 2 aliphatic rings. The minimum atomic E-state index is 0.168. The average Bonchev–Trinajstić information content (AvgIpc) is 2.52. The molecule has 1 unspecified atom stereocenters. The van der Waals surface area contributed by atoms with Crippen molar-refractivity contribution in [1.29, 1.82) is 0 Å². The van der Waals surface area contributed by atoms with Gasteiger partial charge in [-0.2, -0.15) is 0 Å². The van der Waals surface area contributed by atoms with Crippen LogP contribution in [-0.2, 0) is 9.37 Å². The Balaban J connectivity index is 2.13. The first-order valence-corrected chi connectivity index (χ1v) is 6.23. The van der Waals surface area contributed by atoms with E-state index in [1.165, 1.54) is 30.5 Å². The fourth-order valence-corrected chi connectivity index (χ4v) is 4.50. The predicted molar refractivity (Wildman–Crippen MR) is 60.0 cm³/mol. The van der Waals surface area contributed by atoms with Gasteiger partial charge in [-0.15, -0.1) is 4.33 Å². The second-order valence-electron chi connectivity index (χ2n) is 5.25. The Morgan fingerprint density at radius 2 is 2.33 bits per heavy atom. The maximum absolute atomic E-state index is 8.14. The third kappa shape index (κ3) is 1.46. The topological polar surface area (TPSA) is 38.7 Å². The Kier molecular flexibility index (Phi) is 2.88. The molecule has 2 fully saturated rings. The summed E-state index contributed by atoms with van der Waals surface area (Å²) in [5.74, 6) is 1.58. The van der Waals surface area contributed by atoms with Crippen LogP contribution in [0.4, 0.5) is 0 Å². The SMILES string of the molecule is C=C1CC2CC[C@@]1(CSOOO)C2(C)C. The zero-order valence-electron chi connectivity index (χ0n) is 9.28. The minimum Gasteiger partial charge on any atom is -0.220 e. The Morgan fingerprint density at radius 3 is 2.80 bits per heavy atom. The quantitative estimate of drug-likeness (QED) is 0.264. The van der Waals surface area contributed by atoms with E-state index in [1.807, 2.05) is 0 Å². The van der Waals surface area contributed by atoms with Gasteiger partial charge in [-0.1, -0.05) is 31.0 Å². The van der Waals surface area contributed by atoms with Gasteiger partial charge in [-0.05, 0) is 30.6 Å². The largest absolute Gasteiger partial charge is 0.220 e. The molecule has 0 spiro atoms. The van der Waals surface area contributed by atoms with Crippen LogP contribution in [0.3, 0.4) is 0 Å². The van der Waals surface area contributed by atoms with Crippen LogP contribution < -0.4 is 0 Å². The molecule has 86 valence electrons. The summed E-state index contributed by atoms with van der Waals surface area (Å²) in [6, 6.07) is 0. The van der Waals surface area contributed by atoms with E-state index < -0.39 is 0 Å². The fourth-order valence-electron chi connectivity index (χ4n) is 3.48. The predicted octanol–water partition coefficient (Wildman–Crippen LogP) is 3.44. The highest BCUT2D eigenvalue weighted by Crippen LogP contribution is 2.68. The normalized spacial score (nSPS) is 37.5. The second kappa shape index (κ2) is 3.77. The molecule has 2 aliphatic carbocycles. The van der Waals surface area contributed by atoms with Crippen molar-refractivity contribution in [3.8, 4) is 0 Å². The van der Waals surface area contributed by atoms with Crippen LogP contribution in [0, 0.1) is 16.7 Å². The summed E-state index contributed by atoms with van der Waals surface area (Å²) in [5, 5.41) is 11.8. The minimum absolute atomic E-state index is 0.168. The van der Waals surface area contributed by atoms with Crippen LogP contribution in [0.15, 0.2) is 12.2 Å². The summed E-state index contributed by atoms with van der Waals surface area (Å²) in [6.45, 7) is 8.86. The Labute approximate surface area is 94.9 Å². The first kappa shape index (κ1) is 11.5. The molecule has 2 bridgehead atoms. The van der Waals surface area contributed by atoms with E-state index in [4.69, 9.17) is 5.26 Å². The highest BCUT2D eigenvalue weighted by atomic mass is 32.2. The van der Waals surface area contributed by atoms with Gasteiger partial charge in [0.15, 0.2) is 0 Å². The fraction of sp³-hybridized carbons (Fsp3) is 0.818. The molecule has 0 heterocycles. The second-order valence-corrected chi connectivity index (χ2v) is 5.91. The molecule has 3 nitrogen and oxygen atoms in total. The molecular weight excluding hydrogens is 212 g/mol. The number of hydrogen-bond acceptors (Lipinski definition) is 4. The number of hydrogen-bond donors (Lipinski definition) is 1. The third-order valence-electron chi connectivity index (χ3n) is 4.73. The maximum Gasteiger partial charge on any atom is 0.0355 e. The summed E-state index contributed by atoms with van der Waals surface area (Å²) in [6.07, 6.45) is 3.62. The zero-order valence-corrected chi connectivity index (χ0v) is 10.1. The molecule has 0 radical (unpaired) electrons.